The second-order valence-electron chi connectivity index (χ2n) is 9.84. The van der Waals surface area contributed by atoms with Crippen molar-refractivity contribution in [1.82, 2.24) is 19.5 Å². The summed E-state index contributed by atoms with van der Waals surface area (Å²) in [5.74, 6) is -2.38. The molecule has 3 aromatic carbocycles. The average molecular weight is 571 g/mol. The highest BCUT2D eigenvalue weighted by Crippen LogP contribution is 2.47. The monoisotopic (exact) mass is 570 g/mol. The van der Waals surface area contributed by atoms with E-state index < -0.39 is 36.1 Å². The van der Waals surface area contributed by atoms with Crippen molar-refractivity contribution in [2.24, 2.45) is 0 Å². The van der Waals surface area contributed by atoms with E-state index in [1.165, 1.54) is 25.1 Å². The Morgan fingerprint density at radius 1 is 0.738 bits per heavy atom. The van der Waals surface area contributed by atoms with Gasteiger partial charge in [-0.1, -0.05) is 91.0 Å². The first-order chi connectivity index (χ1) is 20.4. The number of benzene rings is 3. The summed E-state index contributed by atoms with van der Waals surface area (Å²) in [5, 5.41) is 32.8. The van der Waals surface area contributed by atoms with Crippen LogP contribution in [0.25, 0.3) is 11.2 Å². The molecule has 2 aromatic heterocycles. The summed E-state index contributed by atoms with van der Waals surface area (Å²) in [5.41, 5.74) is 1.29. The van der Waals surface area contributed by atoms with Crippen LogP contribution in [0.2, 0.25) is 0 Å². The van der Waals surface area contributed by atoms with Gasteiger partial charge < -0.3 is 34.3 Å². The topological polar surface area (TPSA) is 141 Å². The summed E-state index contributed by atoms with van der Waals surface area (Å²) in [6.45, 7) is 0. The minimum absolute atomic E-state index is 0.114. The van der Waals surface area contributed by atoms with Crippen molar-refractivity contribution < 1.29 is 34.3 Å². The van der Waals surface area contributed by atoms with E-state index in [-0.39, 0.29) is 17.0 Å². The van der Waals surface area contributed by atoms with Crippen molar-refractivity contribution in [2.75, 3.05) is 14.2 Å². The standard InChI is InChI=1S/C31H30N4O7/c1-39-31(40-2,26-24(36)25(37)29(41-26)35-19-34-23-27(35)32-18-33-28(23)38)42-30(20-12-6-3-7-13-20,21-14-8-4-9-15-21)22-16-10-5-11-17-22/h3-19,24-26,29,36-37H,1-2H3,(H,32,33,38)/t24-,25+,26-,29+/m0/s1. The molecule has 1 aliphatic heterocycles. The van der Waals surface area contributed by atoms with Crippen LogP contribution in [0.5, 0.6) is 5.88 Å². The number of hydrogen-bond acceptors (Lipinski definition) is 10. The lowest BCUT2D eigenvalue weighted by atomic mass is 9.80. The van der Waals surface area contributed by atoms with Crippen molar-refractivity contribution >= 4 is 11.2 Å². The highest BCUT2D eigenvalue weighted by atomic mass is 16.9. The lowest BCUT2D eigenvalue weighted by Gasteiger charge is -2.45. The molecule has 5 aromatic rings. The maximum Gasteiger partial charge on any atom is 0.314 e. The fourth-order valence-electron chi connectivity index (χ4n) is 5.57. The molecule has 1 fully saturated rings. The lowest BCUT2D eigenvalue weighted by molar-refractivity contribution is -0.428. The second-order valence-corrected chi connectivity index (χ2v) is 9.84. The molecular weight excluding hydrogens is 540 g/mol. The average Bonchev–Trinajstić information content (AvgIpc) is 3.61. The third-order valence-electron chi connectivity index (χ3n) is 7.61. The Labute approximate surface area is 241 Å². The number of imidazole rings is 1. The van der Waals surface area contributed by atoms with Crippen molar-refractivity contribution in [3.63, 3.8) is 0 Å². The summed E-state index contributed by atoms with van der Waals surface area (Å²) >= 11 is 0. The van der Waals surface area contributed by atoms with E-state index in [4.69, 9.17) is 18.9 Å². The normalized spacial score (nSPS) is 21.1. The third kappa shape index (κ3) is 4.43. The minimum atomic E-state index is -2.05. The zero-order valence-electron chi connectivity index (χ0n) is 22.9. The molecule has 3 N–H and O–H groups in total. The van der Waals surface area contributed by atoms with Crippen LogP contribution in [0.4, 0.5) is 0 Å². The Morgan fingerprint density at radius 3 is 1.76 bits per heavy atom. The van der Waals surface area contributed by atoms with Crippen LogP contribution in [0.3, 0.4) is 0 Å². The molecule has 216 valence electrons. The number of fused-ring (bicyclic) bond motifs is 1. The van der Waals surface area contributed by atoms with Crippen molar-refractivity contribution in [3.8, 4) is 5.88 Å². The summed E-state index contributed by atoms with van der Waals surface area (Å²) in [4.78, 5) is 12.1. The number of ether oxygens (including phenoxy) is 4. The highest BCUT2D eigenvalue weighted by molar-refractivity contribution is 5.75. The predicted molar refractivity (Wildman–Crippen MR) is 150 cm³/mol. The quantitative estimate of drug-likeness (QED) is 0.179. The molecule has 0 spiro atoms. The molecule has 3 heterocycles. The van der Waals surface area contributed by atoms with Crippen LogP contribution in [-0.4, -0.2) is 73.3 Å². The fraction of sp³-hybridized carbons (Fsp3) is 0.258. The second kappa shape index (κ2) is 11.2. The van der Waals surface area contributed by atoms with E-state index in [0.717, 1.165) is 23.0 Å². The Morgan fingerprint density at radius 2 is 1.26 bits per heavy atom. The van der Waals surface area contributed by atoms with Crippen molar-refractivity contribution in [2.45, 2.75) is 36.1 Å². The van der Waals surface area contributed by atoms with Crippen LogP contribution < -0.4 is 0 Å². The van der Waals surface area contributed by atoms with Crippen LogP contribution in [0, 0.1) is 0 Å². The first-order valence-corrected chi connectivity index (χ1v) is 13.3. The molecule has 0 radical (unpaired) electrons. The van der Waals surface area contributed by atoms with Gasteiger partial charge in [0.2, 0.25) is 5.88 Å². The predicted octanol–water partition coefficient (Wildman–Crippen LogP) is 3.11. The fourth-order valence-corrected chi connectivity index (χ4v) is 5.57. The van der Waals surface area contributed by atoms with E-state index in [2.05, 4.69) is 15.0 Å². The molecular formula is C31H30N4O7. The number of aliphatic hydroxyl groups excluding tert-OH is 2. The molecule has 11 heteroatoms. The number of hydrogen-bond donors (Lipinski definition) is 3. The third-order valence-corrected chi connectivity index (χ3v) is 7.61. The lowest BCUT2D eigenvalue weighted by Crippen LogP contribution is -2.58. The molecule has 0 aliphatic carbocycles. The van der Waals surface area contributed by atoms with Gasteiger partial charge in [-0.2, -0.15) is 4.98 Å². The Hall–Kier alpha value is -4.23. The number of rotatable bonds is 9. The largest absolute Gasteiger partial charge is 0.492 e. The summed E-state index contributed by atoms with van der Waals surface area (Å²) in [6, 6.07) is 28.8. The molecule has 11 nitrogen and oxygen atoms in total. The van der Waals surface area contributed by atoms with Crippen LogP contribution in [0.1, 0.15) is 22.9 Å². The summed E-state index contributed by atoms with van der Waals surface area (Å²) < 4.78 is 26.6. The molecule has 6 rings (SSSR count). The number of nitrogens with zero attached hydrogens (tertiary/aromatic N) is 4. The zero-order valence-corrected chi connectivity index (χ0v) is 22.9. The summed E-state index contributed by atoms with van der Waals surface area (Å²) in [6.07, 6.45) is -3.06. The van der Waals surface area contributed by atoms with Gasteiger partial charge in [0.25, 0.3) is 0 Å². The first kappa shape index (κ1) is 27.9. The van der Waals surface area contributed by atoms with Gasteiger partial charge in [-0.25, -0.2) is 9.97 Å². The van der Waals surface area contributed by atoms with Gasteiger partial charge in [-0.05, 0) is 16.7 Å². The van der Waals surface area contributed by atoms with Crippen molar-refractivity contribution in [1.29, 1.82) is 0 Å². The van der Waals surface area contributed by atoms with E-state index in [9.17, 15) is 15.3 Å². The smallest absolute Gasteiger partial charge is 0.314 e. The molecule has 0 amide bonds. The van der Waals surface area contributed by atoms with Gasteiger partial charge in [0, 0.05) is 14.2 Å². The molecule has 0 unspecified atom stereocenters. The maximum absolute atomic E-state index is 11.4. The number of aromatic nitrogens is 4. The Bertz CT molecular complexity index is 1530. The number of aliphatic hydroxyl groups is 2. The van der Waals surface area contributed by atoms with Crippen LogP contribution >= 0.6 is 0 Å². The number of aromatic hydroxyl groups is 1. The Balaban J connectivity index is 1.49. The first-order valence-electron chi connectivity index (χ1n) is 13.3. The van der Waals surface area contributed by atoms with E-state index in [1.54, 1.807) is 0 Å². The van der Waals surface area contributed by atoms with E-state index in [1.807, 2.05) is 91.0 Å². The molecule has 4 atom stereocenters. The van der Waals surface area contributed by atoms with Gasteiger partial charge in [-0.15, -0.1) is 0 Å². The van der Waals surface area contributed by atoms with Crippen molar-refractivity contribution in [3.05, 3.63) is 120 Å². The zero-order chi connectivity index (χ0) is 29.3. The van der Waals surface area contributed by atoms with Gasteiger partial charge in [0.1, 0.15) is 24.1 Å². The number of methoxy groups -OCH3 is 2. The van der Waals surface area contributed by atoms with E-state index in [0.29, 0.717) is 0 Å². The molecule has 1 saturated heterocycles. The Kier molecular flexibility index (Phi) is 7.45. The minimum Gasteiger partial charge on any atom is -0.492 e. The molecule has 1 aliphatic rings. The van der Waals surface area contributed by atoms with E-state index >= 15 is 0 Å². The molecule has 0 bridgehead atoms. The van der Waals surface area contributed by atoms with Gasteiger partial charge >= 0.3 is 5.97 Å². The SMILES string of the molecule is COC(OC)(OC(c1ccccc1)(c1ccccc1)c1ccccc1)[C@H]1O[C@@H](n2cnc3c(O)ncnc32)[C@H](O)[C@@H]1O. The highest BCUT2D eigenvalue weighted by Gasteiger charge is 2.60. The van der Waals surface area contributed by atoms with Gasteiger partial charge in [0.15, 0.2) is 23.5 Å². The van der Waals surface area contributed by atoms with Gasteiger partial charge in [-0.3, -0.25) is 4.57 Å². The molecule has 0 saturated carbocycles. The van der Waals surface area contributed by atoms with Crippen LogP contribution in [-0.2, 0) is 24.5 Å². The maximum atomic E-state index is 11.4. The van der Waals surface area contributed by atoms with Gasteiger partial charge in [0.05, 0.1) is 6.33 Å². The molecule has 42 heavy (non-hydrogen) atoms. The van der Waals surface area contributed by atoms with Crippen LogP contribution in [0.15, 0.2) is 104 Å². The summed E-state index contributed by atoms with van der Waals surface area (Å²) in [7, 11) is 2.76.